The second-order valence-corrected chi connectivity index (χ2v) is 6.76. The number of amides is 1. The third kappa shape index (κ3) is 5.04. The molecule has 1 amide bonds. The summed E-state index contributed by atoms with van der Waals surface area (Å²) in [5.74, 6) is -0.0577. The molecule has 0 aliphatic carbocycles. The van der Waals surface area contributed by atoms with Crippen molar-refractivity contribution in [1.82, 2.24) is 19.6 Å². The molecule has 1 aromatic carbocycles. The number of aryl methyl sites for hydroxylation is 1. The van der Waals surface area contributed by atoms with Gasteiger partial charge in [0, 0.05) is 34.3 Å². The number of aromatic nitrogens is 4. The van der Waals surface area contributed by atoms with E-state index in [1.54, 1.807) is 35.1 Å². The maximum atomic E-state index is 12.1. The number of nitrogens with one attached hydrogen (secondary N) is 1. The van der Waals surface area contributed by atoms with Gasteiger partial charge in [0.05, 0.1) is 25.1 Å². The predicted octanol–water partition coefficient (Wildman–Crippen LogP) is 3.38. The lowest BCUT2D eigenvalue weighted by Gasteiger charge is -2.07. The van der Waals surface area contributed by atoms with Gasteiger partial charge in [-0.1, -0.05) is 29.3 Å². The molecule has 2 aromatic heterocycles. The molecule has 0 atom stereocenters. The van der Waals surface area contributed by atoms with Crippen LogP contribution in [0.5, 0.6) is 5.88 Å². The van der Waals surface area contributed by atoms with Crippen LogP contribution in [-0.2, 0) is 17.9 Å². The van der Waals surface area contributed by atoms with Crippen LogP contribution in [0, 0.1) is 10.1 Å². The number of ether oxygens (including phenoxy) is 1. The number of nitrogens with zero attached hydrogens (tertiary/aromatic N) is 5. The Bertz CT molecular complexity index is 1030. The van der Waals surface area contributed by atoms with Gasteiger partial charge >= 0.3 is 11.6 Å². The smallest absolute Gasteiger partial charge is 0.350 e. The fraction of sp³-hybridized carbons (Fsp3) is 0.235. The van der Waals surface area contributed by atoms with Crippen LogP contribution in [0.4, 0.5) is 11.5 Å². The fourth-order valence-corrected chi connectivity index (χ4v) is 3.08. The van der Waals surface area contributed by atoms with E-state index in [2.05, 4.69) is 15.5 Å². The molecule has 0 fully saturated rings. The number of rotatable bonds is 8. The number of carbonyl (C=O) groups excluding carboxylic acids is 1. The molecular weight excluding hydrogens is 423 g/mol. The minimum atomic E-state index is -0.597. The van der Waals surface area contributed by atoms with Gasteiger partial charge in [0.1, 0.15) is 6.20 Å². The molecule has 0 saturated heterocycles. The number of anilines is 1. The zero-order chi connectivity index (χ0) is 21.0. The fourth-order valence-electron chi connectivity index (χ4n) is 2.56. The molecule has 0 aliphatic rings. The number of hydrogen-bond donors (Lipinski definition) is 1. The van der Waals surface area contributed by atoms with E-state index in [0.717, 1.165) is 5.56 Å². The third-order valence-electron chi connectivity index (χ3n) is 3.96. The first-order valence-electron chi connectivity index (χ1n) is 8.39. The highest BCUT2D eigenvalue weighted by molar-refractivity contribution is 6.35. The maximum absolute atomic E-state index is 12.1. The average molecular weight is 439 g/mol. The summed E-state index contributed by atoms with van der Waals surface area (Å²) in [6.07, 6.45) is 2.95. The standard InChI is InChI=1S/C17H16Cl2N6O4/c1-29-17-14(25(27)28)10-24(22-17)8-6-16(26)20-15-5-7-23(21-15)9-11-12(18)3-2-4-13(11)19/h2-5,7,10H,6,8-9H2,1H3,(H,20,21,26). The molecule has 2 heterocycles. The number of methoxy groups -OCH3 is 1. The van der Waals surface area contributed by atoms with E-state index >= 15 is 0 Å². The summed E-state index contributed by atoms with van der Waals surface area (Å²) in [5, 5.41) is 22.8. The molecule has 12 heteroatoms. The van der Waals surface area contributed by atoms with E-state index in [-0.39, 0.29) is 30.4 Å². The van der Waals surface area contributed by atoms with E-state index < -0.39 is 4.92 Å². The summed E-state index contributed by atoms with van der Waals surface area (Å²) in [6, 6.07) is 6.88. The third-order valence-corrected chi connectivity index (χ3v) is 4.67. The number of carbonyl (C=O) groups is 1. The van der Waals surface area contributed by atoms with Crippen molar-refractivity contribution in [3.8, 4) is 5.88 Å². The Labute approximate surface area is 175 Å². The van der Waals surface area contributed by atoms with Crippen LogP contribution in [0.15, 0.2) is 36.7 Å². The van der Waals surface area contributed by atoms with Gasteiger partial charge in [-0.3, -0.25) is 24.3 Å². The summed E-state index contributed by atoms with van der Waals surface area (Å²) in [5.41, 5.74) is 0.468. The van der Waals surface area contributed by atoms with Crippen LogP contribution in [0.1, 0.15) is 12.0 Å². The molecule has 1 N–H and O–H groups in total. The van der Waals surface area contributed by atoms with E-state index in [4.69, 9.17) is 27.9 Å². The Morgan fingerprint density at radius 3 is 2.59 bits per heavy atom. The lowest BCUT2D eigenvalue weighted by atomic mass is 10.2. The number of hydrogen-bond acceptors (Lipinski definition) is 6. The van der Waals surface area contributed by atoms with Crippen molar-refractivity contribution in [2.45, 2.75) is 19.5 Å². The van der Waals surface area contributed by atoms with Crippen LogP contribution >= 0.6 is 23.2 Å². The zero-order valence-electron chi connectivity index (χ0n) is 15.2. The highest BCUT2D eigenvalue weighted by Gasteiger charge is 2.20. The van der Waals surface area contributed by atoms with Gasteiger partial charge in [-0.25, -0.2) is 0 Å². The molecule has 0 unspecified atom stereocenters. The summed E-state index contributed by atoms with van der Waals surface area (Å²) in [7, 11) is 1.29. The largest absolute Gasteiger partial charge is 0.475 e. The monoisotopic (exact) mass is 438 g/mol. The molecule has 29 heavy (non-hydrogen) atoms. The van der Waals surface area contributed by atoms with E-state index in [1.165, 1.54) is 18.0 Å². The normalized spacial score (nSPS) is 10.7. The predicted molar refractivity (Wildman–Crippen MR) is 106 cm³/mol. The summed E-state index contributed by atoms with van der Waals surface area (Å²) in [4.78, 5) is 22.5. The topological polar surface area (TPSA) is 117 Å². The van der Waals surface area contributed by atoms with Crippen LogP contribution < -0.4 is 10.1 Å². The van der Waals surface area contributed by atoms with Crippen molar-refractivity contribution < 1.29 is 14.5 Å². The summed E-state index contributed by atoms with van der Waals surface area (Å²) in [6.45, 7) is 0.497. The van der Waals surface area contributed by atoms with Crippen LogP contribution in [-0.4, -0.2) is 37.5 Å². The average Bonchev–Trinajstić information content (AvgIpc) is 3.29. The van der Waals surface area contributed by atoms with Crippen molar-refractivity contribution in [2.24, 2.45) is 0 Å². The second-order valence-electron chi connectivity index (χ2n) is 5.94. The van der Waals surface area contributed by atoms with Crippen LogP contribution in [0.2, 0.25) is 10.0 Å². The first-order chi connectivity index (χ1) is 13.9. The Morgan fingerprint density at radius 2 is 1.97 bits per heavy atom. The lowest BCUT2D eigenvalue weighted by molar-refractivity contribution is -0.385. The Kier molecular flexibility index (Phi) is 6.35. The highest BCUT2D eigenvalue weighted by atomic mass is 35.5. The second kappa shape index (κ2) is 8.93. The van der Waals surface area contributed by atoms with Crippen LogP contribution in [0.3, 0.4) is 0 Å². The molecule has 0 spiro atoms. The van der Waals surface area contributed by atoms with E-state index in [1.807, 2.05) is 0 Å². The first kappa shape index (κ1) is 20.6. The first-order valence-corrected chi connectivity index (χ1v) is 9.15. The summed E-state index contributed by atoms with van der Waals surface area (Å²) < 4.78 is 7.74. The quantitative estimate of drug-likeness (QED) is 0.425. The number of nitro groups is 1. The van der Waals surface area contributed by atoms with E-state index in [0.29, 0.717) is 22.4 Å². The van der Waals surface area contributed by atoms with Gasteiger partial charge < -0.3 is 10.1 Å². The van der Waals surface area contributed by atoms with Crippen LogP contribution in [0.25, 0.3) is 0 Å². The molecule has 3 aromatic rings. The molecule has 0 aliphatic heterocycles. The van der Waals surface area contributed by atoms with Crippen molar-refractivity contribution in [3.05, 3.63) is 62.4 Å². The molecule has 152 valence electrons. The SMILES string of the molecule is COc1nn(CCC(=O)Nc2ccn(Cc3c(Cl)cccc3Cl)n2)cc1[N+](=O)[O-]. The minimum Gasteiger partial charge on any atom is -0.475 e. The van der Waals surface area contributed by atoms with Crippen molar-refractivity contribution in [3.63, 3.8) is 0 Å². The van der Waals surface area contributed by atoms with E-state index in [9.17, 15) is 14.9 Å². The molecule has 0 saturated carbocycles. The van der Waals surface area contributed by atoms with Gasteiger partial charge in [0.25, 0.3) is 0 Å². The number of benzene rings is 1. The molecular formula is C17H16Cl2N6O4. The zero-order valence-corrected chi connectivity index (χ0v) is 16.7. The minimum absolute atomic E-state index is 0.0468. The molecule has 10 nitrogen and oxygen atoms in total. The van der Waals surface area contributed by atoms with Gasteiger partial charge in [-0.15, -0.1) is 5.10 Å². The Balaban J connectivity index is 1.57. The molecule has 0 radical (unpaired) electrons. The van der Waals surface area contributed by atoms with Crippen molar-refractivity contribution in [1.29, 1.82) is 0 Å². The molecule has 3 rings (SSSR count). The van der Waals surface area contributed by atoms with Gasteiger partial charge in [0.15, 0.2) is 5.82 Å². The van der Waals surface area contributed by atoms with Gasteiger partial charge in [-0.05, 0) is 12.1 Å². The number of halogens is 2. The van der Waals surface area contributed by atoms with Gasteiger partial charge in [0.2, 0.25) is 5.91 Å². The lowest BCUT2D eigenvalue weighted by Crippen LogP contribution is -2.15. The molecule has 0 bridgehead atoms. The van der Waals surface area contributed by atoms with Crippen molar-refractivity contribution >= 4 is 40.6 Å². The Morgan fingerprint density at radius 1 is 1.24 bits per heavy atom. The Hall–Kier alpha value is -3.11. The maximum Gasteiger partial charge on any atom is 0.350 e. The van der Waals surface area contributed by atoms with Gasteiger partial charge in [-0.2, -0.15) is 5.10 Å². The van der Waals surface area contributed by atoms with Crippen molar-refractivity contribution in [2.75, 3.05) is 12.4 Å². The summed E-state index contributed by atoms with van der Waals surface area (Å²) >= 11 is 12.3. The highest BCUT2D eigenvalue weighted by Crippen LogP contribution is 2.25.